The first-order valence-electron chi connectivity index (χ1n) is 13.0. The highest BCUT2D eigenvalue weighted by Gasteiger charge is 2.32. The molecule has 1 aliphatic heterocycles. The number of carbonyl (C=O) groups excluding carboxylic acids is 1. The van der Waals surface area contributed by atoms with Crippen LogP contribution in [0.15, 0.2) is 66.7 Å². The number of carbonyl (C=O) groups is 1. The Balaban J connectivity index is 1.27. The van der Waals surface area contributed by atoms with E-state index in [0.717, 1.165) is 54.2 Å². The molecule has 1 saturated heterocycles. The van der Waals surface area contributed by atoms with E-state index < -0.39 is 0 Å². The predicted molar refractivity (Wildman–Crippen MR) is 142 cm³/mol. The molecule has 2 fully saturated rings. The first-order chi connectivity index (χ1) is 17.6. The number of hydrogen-bond acceptors (Lipinski definition) is 4. The molecule has 0 aromatic heterocycles. The van der Waals surface area contributed by atoms with E-state index in [1.165, 1.54) is 24.0 Å². The molecule has 0 bridgehead atoms. The summed E-state index contributed by atoms with van der Waals surface area (Å²) in [5.74, 6) is 2.74. The zero-order chi connectivity index (χ0) is 24.9. The van der Waals surface area contributed by atoms with Gasteiger partial charge in [0.25, 0.3) is 0 Å². The second-order valence-corrected chi connectivity index (χ2v) is 9.86. The summed E-state index contributed by atoms with van der Waals surface area (Å²) in [5, 5.41) is 0. The topological polar surface area (TPSA) is 48.0 Å². The van der Waals surface area contributed by atoms with Crippen molar-refractivity contribution in [2.24, 2.45) is 0 Å². The van der Waals surface area contributed by atoms with Crippen LogP contribution >= 0.6 is 0 Å². The molecule has 1 saturated carbocycles. The summed E-state index contributed by atoms with van der Waals surface area (Å²) in [6.07, 6.45) is 7.26. The van der Waals surface area contributed by atoms with Crippen LogP contribution < -0.4 is 19.1 Å². The molecule has 1 heterocycles. The van der Waals surface area contributed by atoms with Crippen LogP contribution in [0.1, 0.15) is 54.7 Å². The van der Waals surface area contributed by atoms with Crippen molar-refractivity contribution in [1.29, 1.82) is 0 Å². The highest BCUT2D eigenvalue weighted by molar-refractivity contribution is 5.96. The van der Waals surface area contributed by atoms with Crippen molar-refractivity contribution in [2.75, 3.05) is 25.7 Å². The van der Waals surface area contributed by atoms with E-state index in [4.69, 9.17) is 14.2 Å². The van der Waals surface area contributed by atoms with Crippen molar-refractivity contribution < 1.29 is 19.0 Å². The minimum atomic E-state index is 0.136. The quantitative estimate of drug-likeness (QED) is 0.355. The summed E-state index contributed by atoms with van der Waals surface area (Å²) in [7, 11) is 3.36. The number of amides is 1. The Labute approximate surface area is 214 Å². The SMILES string of the molecule is COc1ccc(CCc2cccc(N3CC(c4ccc(OC)c(OC5CCCC5)c4)CC3=O)c2)cc1. The number of nitrogens with zero attached hydrogens (tertiary/aromatic N) is 1. The molecule has 1 atom stereocenters. The third-order valence-corrected chi connectivity index (χ3v) is 7.46. The van der Waals surface area contributed by atoms with E-state index in [1.54, 1.807) is 14.2 Å². The first-order valence-corrected chi connectivity index (χ1v) is 13.0. The molecule has 188 valence electrons. The maximum Gasteiger partial charge on any atom is 0.227 e. The van der Waals surface area contributed by atoms with Gasteiger partial charge in [-0.05, 0) is 91.6 Å². The normalized spacial score (nSPS) is 18.0. The summed E-state index contributed by atoms with van der Waals surface area (Å²) in [4.78, 5) is 15.0. The van der Waals surface area contributed by atoms with Gasteiger partial charge in [0.2, 0.25) is 5.91 Å². The van der Waals surface area contributed by atoms with Gasteiger partial charge in [-0.3, -0.25) is 4.79 Å². The van der Waals surface area contributed by atoms with Crippen molar-refractivity contribution in [1.82, 2.24) is 0 Å². The van der Waals surface area contributed by atoms with Crippen molar-refractivity contribution in [3.8, 4) is 17.2 Å². The maximum absolute atomic E-state index is 13.1. The summed E-state index contributed by atoms with van der Waals surface area (Å²) in [5.41, 5.74) is 4.62. The van der Waals surface area contributed by atoms with Crippen LogP contribution in [0.25, 0.3) is 0 Å². The molecule has 0 spiro atoms. The van der Waals surface area contributed by atoms with Crippen molar-refractivity contribution >= 4 is 11.6 Å². The molecular weight excluding hydrogens is 450 g/mol. The van der Waals surface area contributed by atoms with Gasteiger partial charge >= 0.3 is 0 Å². The Hall–Kier alpha value is -3.47. The molecule has 5 heteroatoms. The van der Waals surface area contributed by atoms with Crippen molar-refractivity contribution in [2.45, 2.75) is 57.0 Å². The van der Waals surface area contributed by atoms with Crippen molar-refractivity contribution in [3.05, 3.63) is 83.4 Å². The van der Waals surface area contributed by atoms with Gasteiger partial charge in [0.05, 0.1) is 20.3 Å². The van der Waals surface area contributed by atoms with Gasteiger partial charge in [-0.1, -0.05) is 30.3 Å². The second kappa shape index (κ2) is 11.1. The third-order valence-electron chi connectivity index (χ3n) is 7.46. The largest absolute Gasteiger partial charge is 0.497 e. The number of anilines is 1. The monoisotopic (exact) mass is 485 g/mol. The van der Waals surface area contributed by atoms with Crippen LogP contribution in [0.4, 0.5) is 5.69 Å². The first kappa shape index (κ1) is 24.2. The Kier molecular flexibility index (Phi) is 7.45. The molecule has 1 unspecified atom stereocenters. The molecule has 0 N–H and O–H groups in total. The van der Waals surface area contributed by atoms with E-state index in [1.807, 2.05) is 29.2 Å². The molecular formula is C31H35NO4. The summed E-state index contributed by atoms with van der Waals surface area (Å²) in [6, 6.07) is 22.8. The van der Waals surface area contributed by atoms with Crippen LogP contribution in [0.3, 0.4) is 0 Å². The highest BCUT2D eigenvalue weighted by atomic mass is 16.5. The van der Waals surface area contributed by atoms with Crippen LogP contribution in [-0.4, -0.2) is 32.8 Å². The molecule has 1 amide bonds. The van der Waals surface area contributed by atoms with Gasteiger partial charge in [-0.25, -0.2) is 0 Å². The molecule has 36 heavy (non-hydrogen) atoms. The Bertz CT molecular complexity index is 1180. The smallest absolute Gasteiger partial charge is 0.227 e. The zero-order valence-electron chi connectivity index (χ0n) is 21.2. The van der Waals surface area contributed by atoms with E-state index in [2.05, 4.69) is 42.5 Å². The lowest BCUT2D eigenvalue weighted by Gasteiger charge is -2.20. The molecule has 3 aromatic rings. The number of methoxy groups -OCH3 is 2. The lowest BCUT2D eigenvalue weighted by atomic mass is 9.98. The Morgan fingerprint density at radius 2 is 1.61 bits per heavy atom. The minimum absolute atomic E-state index is 0.136. The van der Waals surface area contributed by atoms with Crippen LogP contribution in [-0.2, 0) is 17.6 Å². The molecule has 5 nitrogen and oxygen atoms in total. The summed E-state index contributed by atoms with van der Waals surface area (Å²) in [6.45, 7) is 0.677. The minimum Gasteiger partial charge on any atom is -0.497 e. The van der Waals surface area contributed by atoms with Gasteiger partial charge in [-0.2, -0.15) is 0 Å². The van der Waals surface area contributed by atoms with Crippen LogP contribution in [0.5, 0.6) is 17.2 Å². The van der Waals surface area contributed by atoms with E-state index >= 15 is 0 Å². The standard InChI is InChI=1S/C31H35NO4/c1-34-27-15-12-22(13-16-27)10-11-23-6-5-7-26(18-23)32-21-25(20-31(32)33)24-14-17-29(35-2)30(19-24)36-28-8-3-4-9-28/h5-7,12-19,25,28H,3-4,8-11,20-21H2,1-2H3. The Morgan fingerprint density at radius 3 is 2.36 bits per heavy atom. The molecule has 1 aliphatic carbocycles. The molecule has 5 rings (SSSR count). The van der Waals surface area contributed by atoms with E-state index in [0.29, 0.717) is 13.0 Å². The van der Waals surface area contributed by atoms with Gasteiger partial charge in [0, 0.05) is 24.6 Å². The molecule has 0 radical (unpaired) electrons. The van der Waals surface area contributed by atoms with Gasteiger partial charge < -0.3 is 19.1 Å². The van der Waals surface area contributed by atoms with E-state index in [-0.39, 0.29) is 17.9 Å². The second-order valence-electron chi connectivity index (χ2n) is 9.86. The number of rotatable bonds is 9. The van der Waals surface area contributed by atoms with Gasteiger partial charge in [0.15, 0.2) is 11.5 Å². The van der Waals surface area contributed by atoms with Gasteiger partial charge in [0.1, 0.15) is 5.75 Å². The predicted octanol–water partition coefficient (Wildman–Crippen LogP) is 6.33. The van der Waals surface area contributed by atoms with E-state index in [9.17, 15) is 4.79 Å². The summed E-state index contributed by atoms with van der Waals surface area (Å²) < 4.78 is 17.1. The lowest BCUT2D eigenvalue weighted by Crippen LogP contribution is -2.24. The zero-order valence-corrected chi connectivity index (χ0v) is 21.2. The number of hydrogen-bond donors (Lipinski definition) is 0. The van der Waals surface area contributed by atoms with Crippen molar-refractivity contribution in [3.63, 3.8) is 0 Å². The maximum atomic E-state index is 13.1. The fraction of sp³-hybridized carbons (Fsp3) is 0.387. The average molecular weight is 486 g/mol. The van der Waals surface area contributed by atoms with Crippen LogP contribution in [0, 0.1) is 0 Å². The molecule has 2 aliphatic rings. The number of benzene rings is 3. The third kappa shape index (κ3) is 5.51. The van der Waals surface area contributed by atoms with Crippen LogP contribution in [0.2, 0.25) is 0 Å². The Morgan fingerprint density at radius 1 is 0.833 bits per heavy atom. The summed E-state index contributed by atoms with van der Waals surface area (Å²) >= 11 is 0. The van der Waals surface area contributed by atoms with Gasteiger partial charge in [-0.15, -0.1) is 0 Å². The number of ether oxygens (including phenoxy) is 3. The highest BCUT2D eigenvalue weighted by Crippen LogP contribution is 2.38. The molecule has 3 aromatic carbocycles. The fourth-order valence-electron chi connectivity index (χ4n) is 5.37. The lowest BCUT2D eigenvalue weighted by molar-refractivity contribution is -0.117. The average Bonchev–Trinajstić information content (AvgIpc) is 3.57. The fourth-order valence-corrected chi connectivity index (χ4v) is 5.37. The number of aryl methyl sites for hydroxylation is 2.